The van der Waals surface area contributed by atoms with Crippen LogP contribution in [0.4, 0.5) is 4.39 Å². The van der Waals surface area contributed by atoms with Gasteiger partial charge in [-0.25, -0.2) is 9.18 Å². The molecule has 0 saturated carbocycles. The van der Waals surface area contributed by atoms with Gasteiger partial charge in [-0.15, -0.1) is 0 Å². The minimum atomic E-state index is -0.605. The number of carbonyl (C=O) groups is 2. The van der Waals surface area contributed by atoms with Crippen LogP contribution >= 0.6 is 0 Å². The molecule has 2 aromatic carbocycles. The quantitative estimate of drug-likeness (QED) is 0.626. The molecule has 1 aliphatic rings. The van der Waals surface area contributed by atoms with E-state index in [9.17, 15) is 14.0 Å². The number of aryl methyl sites for hydroxylation is 1. The first-order chi connectivity index (χ1) is 13.5. The number of esters is 1. The minimum absolute atomic E-state index is 0.0335. The lowest BCUT2D eigenvalue weighted by molar-refractivity contribution is 0.0437. The fourth-order valence-corrected chi connectivity index (χ4v) is 3.45. The third-order valence-electron chi connectivity index (χ3n) is 5.05. The van der Waals surface area contributed by atoms with Crippen molar-refractivity contribution in [1.82, 2.24) is 4.90 Å². The zero-order valence-electron chi connectivity index (χ0n) is 15.5. The first-order valence-corrected chi connectivity index (χ1v) is 9.27. The monoisotopic (exact) mass is 381 g/mol. The van der Waals surface area contributed by atoms with Crippen molar-refractivity contribution < 1.29 is 23.1 Å². The topological polar surface area (TPSA) is 59.8 Å². The van der Waals surface area contributed by atoms with E-state index in [-0.39, 0.29) is 24.1 Å². The smallest absolute Gasteiger partial charge is 0.374 e. The second-order valence-corrected chi connectivity index (χ2v) is 6.97. The summed E-state index contributed by atoms with van der Waals surface area (Å²) in [5.41, 5.74) is 2.39. The lowest BCUT2D eigenvalue weighted by atomic mass is 10.1. The van der Waals surface area contributed by atoms with Crippen LogP contribution in [0.1, 0.15) is 44.9 Å². The lowest BCUT2D eigenvalue weighted by Crippen LogP contribution is -2.27. The number of likely N-dealkylation sites (tertiary alicyclic amines) is 1. The van der Waals surface area contributed by atoms with E-state index >= 15 is 0 Å². The third kappa shape index (κ3) is 3.50. The molecule has 4 rings (SSSR count). The molecule has 0 aliphatic carbocycles. The molecule has 1 saturated heterocycles. The first-order valence-electron chi connectivity index (χ1n) is 9.27. The van der Waals surface area contributed by atoms with E-state index in [0.29, 0.717) is 22.1 Å². The summed E-state index contributed by atoms with van der Waals surface area (Å²) in [6, 6.07) is 11.2. The van der Waals surface area contributed by atoms with E-state index in [1.165, 1.54) is 18.2 Å². The van der Waals surface area contributed by atoms with Crippen molar-refractivity contribution in [2.75, 3.05) is 13.1 Å². The predicted octanol–water partition coefficient (Wildman–Crippen LogP) is 4.47. The van der Waals surface area contributed by atoms with Gasteiger partial charge in [-0.3, -0.25) is 4.79 Å². The van der Waals surface area contributed by atoms with E-state index in [0.717, 1.165) is 31.5 Å². The van der Waals surface area contributed by atoms with Crippen LogP contribution in [-0.2, 0) is 11.3 Å². The highest BCUT2D eigenvalue weighted by molar-refractivity contribution is 5.96. The van der Waals surface area contributed by atoms with Crippen LogP contribution in [0.5, 0.6) is 0 Å². The highest BCUT2D eigenvalue weighted by Crippen LogP contribution is 2.26. The molecule has 0 N–H and O–H groups in total. The van der Waals surface area contributed by atoms with Crippen molar-refractivity contribution in [3.05, 3.63) is 70.7 Å². The lowest BCUT2D eigenvalue weighted by Gasteiger charge is -2.15. The first kappa shape index (κ1) is 18.2. The summed E-state index contributed by atoms with van der Waals surface area (Å²) in [4.78, 5) is 26.6. The van der Waals surface area contributed by atoms with Gasteiger partial charge in [0.15, 0.2) is 0 Å². The number of benzene rings is 2. The van der Waals surface area contributed by atoms with Crippen LogP contribution in [-0.4, -0.2) is 29.9 Å². The molecule has 144 valence electrons. The molecule has 1 amide bonds. The Kier molecular flexibility index (Phi) is 4.86. The van der Waals surface area contributed by atoms with Gasteiger partial charge in [-0.05, 0) is 55.7 Å². The maximum absolute atomic E-state index is 13.4. The van der Waals surface area contributed by atoms with Crippen LogP contribution in [0.15, 0.2) is 46.9 Å². The van der Waals surface area contributed by atoms with Crippen molar-refractivity contribution in [2.45, 2.75) is 26.4 Å². The summed E-state index contributed by atoms with van der Waals surface area (Å²) in [7, 11) is 0. The second-order valence-electron chi connectivity index (χ2n) is 6.97. The molecule has 6 heteroatoms. The van der Waals surface area contributed by atoms with Crippen molar-refractivity contribution >= 4 is 22.8 Å². The number of halogens is 1. The molecule has 2 heterocycles. The minimum Gasteiger partial charge on any atom is -0.455 e. The number of fused-ring (bicyclic) bond motifs is 1. The van der Waals surface area contributed by atoms with Crippen molar-refractivity contribution in [1.29, 1.82) is 0 Å². The maximum Gasteiger partial charge on any atom is 0.374 e. The van der Waals surface area contributed by atoms with Gasteiger partial charge in [0.05, 0.1) is 0 Å². The molecular formula is C22H20FNO4. The molecule has 3 aromatic rings. The number of hydrogen-bond donors (Lipinski definition) is 0. The van der Waals surface area contributed by atoms with Gasteiger partial charge < -0.3 is 14.1 Å². The number of ether oxygens (including phenoxy) is 1. The molecule has 1 aromatic heterocycles. The standard InChI is InChI=1S/C22H20FNO4/c1-14-18-12-17(23)8-9-19(18)28-20(14)22(26)27-13-15-4-6-16(7-5-15)21(25)24-10-2-3-11-24/h4-9,12H,2-3,10-11,13H2,1H3. The van der Waals surface area contributed by atoms with E-state index in [4.69, 9.17) is 9.15 Å². The van der Waals surface area contributed by atoms with Crippen molar-refractivity contribution in [2.24, 2.45) is 0 Å². The van der Waals surface area contributed by atoms with Crippen LogP contribution in [0.3, 0.4) is 0 Å². The summed E-state index contributed by atoms with van der Waals surface area (Å²) >= 11 is 0. The van der Waals surface area contributed by atoms with Crippen LogP contribution in [0.25, 0.3) is 11.0 Å². The summed E-state index contributed by atoms with van der Waals surface area (Å²) in [5.74, 6) is -0.890. The van der Waals surface area contributed by atoms with Gasteiger partial charge in [0.25, 0.3) is 5.91 Å². The van der Waals surface area contributed by atoms with Crippen molar-refractivity contribution in [3.63, 3.8) is 0 Å². The Hall–Kier alpha value is -3.15. The van der Waals surface area contributed by atoms with Gasteiger partial charge in [-0.2, -0.15) is 0 Å². The van der Waals surface area contributed by atoms with Gasteiger partial charge in [0, 0.05) is 29.6 Å². The zero-order chi connectivity index (χ0) is 19.7. The van der Waals surface area contributed by atoms with Gasteiger partial charge >= 0.3 is 5.97 Å². The number of rotatable bonds is 4. The Morgan fingerprint density at radius 2 is 1.82 bits per heavy atom. The molecule has 28 heavy (non-hydrogen) atoms. The Balaban J connectivity index is 1.42. The SMILES string of the molecule is Cc1c(C(=O)OCc2ccc(C(=O)N3CCCC3)cc2)oc2ccc(F)cc12. The second kappa shape index (κ2) is 7.46. The summed E-state index contributed by atoms with van der Waals surface area (Å²) < 4.78 is 24.3. The number of nitrogens with zero attached hydrogens (tertiary/aromatic N) is 1. The molecule has 0 bridgehead atoms. The van der Waals surface area contributed by atoms with Crippen molar-refractivity contribution in [3.8, 4) is 0 Å². The molecule has 0 spiro atoms. The highest BCUT2D eigenvalue weighted by Gasteiger charge is 2.21. The molecule has 1 aliphatic heterocycles. The zero-order valence-corrected chi connectivity index (χ0v) is 15.5. The van der Waals surface area contributed by atoms with E-state index in [1.807, 2.05) is 4.90 Å². The largest absolute Gasteiger partial charge is 0.455 e. The fraction of sp³-hybridized carbons (Fsp3) is 0.273. The average molecular weight is 381 g/mol. The summed E-state index contributed by atoms with van der Waals surface area (Å²) in [6.45, 7) is 3.36. The van der Waals surface area contributed by atoms with E-state index < -0.39 is 5.97 Å². The maximum atomic E-state index is 13.4. The molecule has 1 fully saturated rings. The Bertz CT molecular complexity index is 1030. The normalized spacial score (nSPS) is 13.9. The number of hydrogen-bond acceptors (Lipinski definition) is 4. The molecule has 0 unspecified atom stereocenters. The van der Waals surface area contributed by atoms with Crippen LogP contribution in [0.2, 0.25) is 0 Å². The Morgan fingerprint density at radius 1 is 1.11 bits per heavy atom. The van der Waals surface area contributed by atoms with Gasteiger partial charge in [0.2, 0.25) is 5.76 Å². The van der Waals surface area contributed by atoms with Gasteiger partial charge in [-0.1, -0.05) is 12.1 Å². The van der Waals surface area contributed by atoms with Crippen LogP contribution in [0, 0.1) is 12.7 Å². The number of furan rings is 1. The number of amides is 1. The molecule has 0 radical (unpaired) electrons. The summed E-state index contributed by atoms with van der Waals surface area (Å²) in [5, 5.41) is 0.553. The van der Waals surface area contributed by atoms with Crippen LogP contribution < -0.4 is 0 Å². The third-order valence-corrected chi connectivity index (χ3v) is 5.05. The van der Waals surface area contributed by atoms with Gasteiger partial charge in [0.1, 0.15) is 18.0 Å². The summed E-state index contributed by atoms with van der Waals surface area (Å²) in [6.07, 6.45) is 2.10. The Morgan fingerprint density at radius 3 is 2.54 bits per heavy atom. The number of carbonyl (C=O) groups excluding carboxylic acids is 2. The highest BCUT2D eigenvalue weighted by atomic mass is 19.1. The van der Waals surface area contributed by atoms with E-state index in [2.05, 4.69) is 0 Å². The average Bonchev–Trinajstić information content (AvgIpc) is 3.35. The molecular weight excluding hydrogens is 361 g/mol. The van der Waals surface area contributed by atoms with E-state index in [1.54, 1.807) is 31.2 Å². The molecule has 5 nitrogen and oxygen atoms in total. The predicted molar refractivity (Wildman–Crippen MR) is 102 cm³/mol. The Labute approximate surface area is 161 Å². The fourth-order valence-electron chi connectivity index (χ4n) is 3.45. The molecule has 0 atom stereocenters.